The maximum Gasteiger partial charge on any atom is 0.243 e. The third-order valence-electron chi connectivity index (χ3n) is 4.80. The van der Waals surface area contributed by atoms with E-state index in [1.165, 1.54) is 11.1 Å². The summed E-state index contributed by atoms with van der Waals surface area (Å²) in [4.78, 5) is 9.42. The van der Waals surface area contributed by atoms with Gasteiger partial charge in [-0.25, -0.2) is 0 Å². The molecule has 1 aromatic heterocycles. The van der Waals surface area contributed by atoms with E-state index in [0.29, 0.717) is 0 Å². The SMILES string of the molecule is CCc1noc(C(C)N2CCN(C/C(C)=C/c3ccccc3)CC2)n1. The van der Waals surface area contributed by atoms with Gasteiger partial charge in [-0.2, -0.15) is 4.98 Å². The molecule has 2 heterocycles. The highest BCUT2D eigenvalue weighted by molar-refractivity contribution is 5.52. The molecule has 0 radical (unpaired) electrons. The normalized spacial score (nSPS) is 18.4. The molecule has 0 N–H and O–H groups in total. The van der Waals surface area contributed by atoms with Crippen LogP contribution in [0.2, 0.25) is 0 Å². The van der Waals surface area contributed by atoms with Crippen LogP contribution in [0.4, 0.5) is 0 Å². The van der Waals surface area contributed by atoms with Crippen LogP contribution in [0, 0.1) is 0 Å². The van der Waals surface area contributed by atoms with E-state index in [9.17, 15) is 0 Å². The largest absolute Gasteiger partial charge is 0.338 e. The van der Waals surface area contributed by atoms with Crippen LogP contribution in [0.15, 0.2) is 40.4 Å². The first-order valence-electron chi connectivity index (χ1n) is 9.17. The number of aryl methyl sites for hydroxylation is 1. The number of aromatic nitrogens is 2. The van der Waals surface area contributed by atoms with Gasteiger partial charge < -0.3 is 4.52 Å². The standard InChI is InChI=1S/C20H28N4O/c1-4-19-21-20(25-22-19)17(3)24-12-10-23(11-13-24)15-16(2)14-18-8-6-5-7-9-18/h5-9,14,17H,4,10-13,15H2,1-3H3/b16-14+. The van der Waals surface area contributed by atoms with Gasteiger partial charge in [0.2, 0.25) is 5.89 Å². The first-order chi connectivity index (χ1) is 12.2. The van der Waals surface area contributed by atoms with Crippen molar-refractivity contribution in [3.63, 3.8) is 0 Å². The lowest BCUT2D eigenvalue weighted by Gasteiger charge is -2.37. The van der Waals surface area contributed by atoms with E-state index in [-0.39, 0.29) is 6.04 Å². The Morgan fingerprint density at radius 2 is 1.92 bits per heavy atom. The van der Waals surface area contributed by atoms with E-state index in [0.717, 1.165) is 50.9 Å². The third kappa shape index (κ3) is 4.77. The van der Waals surface area contributed by atoms with Crippen LogP contribution in [0.5, 0.6) is 0 Å². The predicted molar refractivity (Wildman–Crippen MR) is 100 cm³/mol. The molecule has 1 unspecified atom stereocenters. The molecule has 134 valence electrons. The zero-order chi connectivity index (χ0) is 17.6. The number of rotatable bonds is 6. The van der Waals surface area contributed by atoms with Crippen LogP contribution < -0.4 is 0 Å². The molecule has 5 heteroatoms. The first-order valence-corrected chi connectivity index (χ1v) is 9.17. The predicted octanol–water partition coefficient (Wildman–Crippen LogP) is 3.41. The van der Waals surface area contributed by atoms with E-state index < -0.39 is 0 Å². The smallest absolute Gasteiger partial charge is 0.243 e. The van der Waals surface area contributed by atoms with Crippen LogP contribution in [-0.2, 0) is 6.42 Å². The van der Waals surface area contributed by atoms with Crippen molar-refractivity contribution >= 4 is 6.08 Å². The van der Waals surface area contributed by atoms with Gasteiger partial charge in [0.05, 0.1) is 6.04 Å². The molecular weight excluding hydrogens is 312 g/mol. The Balaban J connectivity index is 1.50. The second kappa shape index (κ2) is 8.41. The van der Waals surface area contributed by atoms with Crippen LogP contribution in [0.1, 0.15) is 44.1 Å². The summed E-state index contributed by atoms with van der Waals surface area (Å²) in [6, 6.07) is 10.7. The molecule has 0 spiro atoms. The third-order valence-corrected chi connectivity index (χ3v) is 4.80. The molecule has 0 saturated carbocycles. The molecule has 1 aliphatic heterocycles. The van der Waals surface area contributed by atoms with Crippen molar-refractivity contribution in [2.24, 2.45) is 0 Å². The number of hydrogen-bond donors (Lipinski definition) is 0. The highest BCUT2D eigenvalue weighted by Gasteiger charge is 2.25. The number of piperazine rings is 1. The maximum atomic E-state index is 5.40. The van der Waals surface area contributed by atoms with E-state index in [1.54, 1.807) is 0 Å². The minimum Gasteiger partial charge on any atom is -0.338 e. The minimum absolute atomic E-state index is 0.191. The van der Waals surface area contributed by atoms with Crippen molar-refractivity contribution in [2.45, 2.75) is 33.2 Å². The Morgan fingerprint density at radius 3 is 2.56 bits per heavy atom. The molecule has 5 nitrogen and oxygen atoms in total. The second-order valence-corrected chi connectivity index (χ2v) is 6.79. The van der Waals surface area contributed by atoms with Gasteiger partial charge in [0.15, 0.2) is 5.82 Å². The van der Waals surface area contributed by atoms with Crippen LogP contribution in [0.3, 0.4) is 0 Å². The Labute approximate surface area is 150 Å². The second-order valence-electron chi connectivity index (χ2n) is 6.79. The summed E-state index contributed by atoms with van der Waals surface area (Å²) in [5, 5.41) is 4.01. The molecule has 0 aliphatic carbocycles. The molecule has 1 aliphatic rings. The fourth-order valence-electron chi connectivity index (χ4n) is 3.28. The Bertz CT molecular complexity index is 687. The average Bonchev–Trinajstić information content (AvgIpc) is 3.12. The van der Waals surface area contributed by atoms with Crippen LogP contribution in [-0.4, -0.2) is 52.7 Å². The van der Waals surface area contributed by atoms with Crippen molar-refractivity contribution < 1.29 is 4.52 Å². The fourth-order valence-corrected chi connectivity index (χ4v) is 3.28. The molecule has 25 heavy (non-hydrogen) atoms. The van der Waals surface area contributed by atoms with Gasteiger partial charge in [0.25, 0.3) is 0 Å². The number of hydrogen-bond acceptors (Lipinski definition) is 5. The Kier molecular flexibility index (Phi) is 6.00. The molecular formula is C20H28N4O. The molecule has 2 aromatic rings. The van der Waals surface area contributed by atoms with Gasteiger partial charge in [-0.1, -0.05) is 54.1 Å². The van der Waals surface area contributed by atoms with Crippen LogP contribution >= 0.6 is 0 Å². The van der Waals surface area contributed by atoms with Gasteiger partial charge in [-0.15, -0.1) is 0 Å². The van der Waals surface area contributed by atoms with E-state index in [2.05, 4.69) is 70.2 Å². The van der Waals surface area contributed by atoms with Crippen molar-refractivity contribution in [2.75, 3.05) is 32.7 Å². The summed E-state index contributed by atoms with van der Waals surface area (Å²) in [5.74, 6) is 1.53. The highest BCUT2D eigenvalue weighted by Crippen LogP contribution is 2.20. The van der Waals surface area contributed by atoms with Crippen molar-refractivity contribution in [1.82, 2.24) is 19.9 Å². The summed E-state index contributed by atoms with van der Waals surface area (Å²) in [7, 11) is 0. The topological polar surface area (TPSA) is 45.4 Å². The average molecular weight is 340 g/mol. The maximum absolute atomic E-state index is 5.40. The monoisotopic (exact) mass is 340 g/mol. The van der Waals surface area contributed by atoms with E-state index >= 15 is 0 Å². The van der Waals surface area contributed by atoms with Crippen molar-refractivity contribution in [1.29, 1.82) is 0 Å². The zero-order valence-electron chi connectivity index (χ0n) is 15.5. The van der Waals surface area contributed by atoms with E-state index in [4.69, 9.17) is 4.52 Å². The highest BCUT2D eigenvalue weighted by atomic mass is 16.5. The number of nitrogens with zero attached hydrogens (tertiary/aromatic N) is 4. The Hall–Kier alpha value is -1.98. The zero-order valence-corrected chi connectivity index (χ0v) is 15.5. The van der Waals surface area contributed by atoms with Gasteiger partial charge >= 0.3 is 0 Å². The van der Waals surface area contributed by atoms with Gasteiger partial charge in [-0.05, 0) is 19.4 Å². The Morgan fingerprint density at radius 1 is 1.20 bits per heavy atom. The summed E-state index contributed by atoms with van der Waals surface area (Å²) in [6.07, 6.45) is 3.09. The van der Waals surface area contributed by atoms with Gasteiger partial charge in [0, 0.05) is 39.1 Å². The van der Waals surface area contributed by atoms with Crippen LogP contribution in [0.25, 0.3) is 6.08 Å². The van der Waals surface area contributed by atoms with Crippen molar-refractivity contribution in [3.05, 3.63) is 53.2 Å². The van der Waals surface area contributed by atoms with E-state index in [1.807, 2.05) is 6.92 Å². The molecule has 1 fully saturated rings. The lowest BCUT2D eigenvalue weighted by molar-refractivity contribution is 0.0935. The summed E-state index contributed by atoms with van der Waals surface area (Å²) in [5.41, 5.74) is 2.67. The molecule has 1 atom stereocenters. The molecule has 1 aromatic carbocycles. The minimum atomic E-state index is 0.191. The quantitative estimate of drug-likeness (QED) is 0.806. The lowest BCUT2D eigenvalue weighted by atomic mass is 10.1. The molecule has 3 rings (SSSR count). The van der Waals surface area contributed by atoms with Gasteiger partial charge in [-0.3, -0.25) is 9.80 Å². The molecule has 0 amide bonds. The lowest BCUT2D eigenvalue weighted by Crippen LogP contribution is -2.47. The summed E-state index contributed by atoms with van der Waals surface area (Å²) in [6.45, 7) is 11.6. The summed E-state index contributed by atoms with van der Waals surface area (Å²) < 4.78 is 5.40. The summed E-state index contributed by atoms with van der Waals surface area (Å²) >= 11 is 0. The number of benzene rings is 1. The first kappa shape index (κ1) is 17.8. The van der Waals surface area contributed by atoms with Crippen molar-refractivity contribution in [3.8, 4) is 0 Å². The molecule has 1 saturated heterocycles. The molecule has 0 bridgehead atoms. The van der Waals surface area contributed by atoms with Gasteiger partial charge in [0.1, 0.15) is 0 Å². The fraction of sp³-hybridized carbons (Fsp3) is 0.500.